The van der Waals surface area contributed by atoms with Gasteiger partial charge in [-0.25, -0.2) is 9.59 Å². The van der Waals surface area contributed by atoms with E-state index in [0.717, 1.165) is 12.8 Å². The van der Waals surface area contributed by atoms with Crippen molar-refractivity contribution in [1.29, 1.82) is 0 Å². The van der Waals surface area contributed by atoms with E-state index in [1.54, 1.807) is 20.8 Å². The van der Waals surface area contributed by atoms with Crippen molar-refractivity contribution in [1.82, 2.24) is 4.90 Å². The fraction of sp³-hybridized carbons (Fsp3) is 0.857. The molecule has 0 spiro atoms. The van der Waals surface area contributed by atoms with Gasteiger partial charge in [0.05, 0.1) is 19.8 Å². The Bertz CT molecular complexity index is 399. The Labute approximate surface area is 119 Å². The molecule has 114 valence electrons. The van der Waals surface area contributed by atoms with Crippen LogP contribution in [0.5, 0.6) is 0 Å². The Morgan fingerprint density at radius 2 is 1.85 bits per heavy atom. The molecule has 0 bridgehead atoms. The van der Waals surface area contributed by atoms with Crippen LogP contribution in [0, 0.1) is 11.8 Å². The maximum absolute atomic E-state index is 12.2. The van der Waals surface area contributed by atoms with E-state index in [4.69, 9.17) is 9.47 Å². The second kappa shape index (κ2) is 5.24. The second-order valence-electron chi connectivity index (χ2n) is 6.58. The van der Waals surface area contributed by atoms with Crippen LogP contribution in [0.1, 0.15) is 33.6 Å². The molecule has 2 fully saturated rings. The lowest BCUT2D eigenvalue weighted by molar-refractivity contribution is -0.147. The van der Waals surface area contributed by atoms with Crippen molar-refractivity contribution in [2.24, 2.45) is 11.8 Å². The predicted molar refractivity (Wildman–Crippen MR) is 71.0 cm³/mol. The number of hydrogen-bond donors (Lipinski definition) is 1. The van der Waals surface area contributed by atoms with Gasteiger partial charge < -0.3 is 14.6 Å². The smallest absolute Gasteiger partial charge is 0.411 e. The Kier molecular flexibility index (Phi) is 3.95. The molecule has 2 aliphatic rings. The van der Waals surface area contributed by atoms with Gasteiger partial charge in [0.15, 0.2) is 0 Å². The van der Waals surface area contributed by atoms with Crippen molar-refractivity contribution in [3.8, 4) is 0 Å². The number of carbonyl (C=O) groups is 2. The van der Waals surface area contributed by atoms with E-state index in [2.05, 4.69) is 0 Å². The van der Waals surface area contributed by atoms with Gasteiger partial charge in [-0.05, 0) is 39.5 Å². The van der Waals surface area contributed by atoms with Gasteiger partial charge in [0, 0.05) is 5.92 Å². The summed E-state index contributed by atoms with van der Waals surface area (Å²) in [6.07, 6.45) is 0.698. The fourth-order valence-electron chi connectivity index (χ4n) is 2.82. The molecule has 1 amide bonds. The number of aliphatic hydroxyl groups excluding tert-OH is 1. The molecule has 0 unspecified atom stereocenters. The molecule has 2 rings (SSSR count). The topological polar surface area (TPSA) is 76.1 Å². The van der Waals surface area contributed by atoms with Crippen molar-refractivity contribution >= 4 is 12.1 Å². The molecule has 1 aliphatic heterocycles. The van der Waals surface area contributed by atoms with Crippen LogP contribution < -0.4 is 0 Å². The number of amides is 1. The van der Waals surface area contributed by atoms with E-state index in [0.29, 0.717) is 5.92 Å². The van der Waals surface area contributed by atoms with E-state index in [1.165, 1.54) is 12.0 Å². The van der Waals surface area contributed by atoms with Gasteiger partial charge in [-0.2, -0.15) is 0 Å². The Hall–Kier alpha value is -1.30. The molecular weight excluding hydrogens is 262 g/mol. The minimum atomic E-state index is -0.739. The minimum absolute atomic E-state index is 0.121. The quantitative estimate of drug-likeness (QED) is 0.771. The molecule has 1 saturated heterocycles. The molecule has 3 atom stereocenters. The fourth-order valence-corrected chi connectivity index (χ4v) is 2.82. The Balaban J connectivity index is 2.18. The van der Waals surface area contributed by atoms with Gasteiger partial charge in [0.1, 0.15) is 11.6 Å². The van der Waals surface area contributed by atoms with Crippen LogP contribution in [0.15, 0.2) is 0 Å². The number of aliphatic hydroxyl groups is 1. The van der Waals surface area contributed by atoms with Crippen LogP contribution in [0.4, 0.5) is 4.79 Å². The molecule has 1 saturated carbocycles. The van der Waals surface area contributed by atoms with E-state index in [9.17, 15) is 14.7 Å². The monoisotopic (exact) mass is 285 g/mol. The summed E-state index contributed by atoms with van der Waals surface area (Å²) >= 11 is 0. The SMILES string of the molecule is COC(=O)[C@@H]1[C@H](C2CC2)[C@@H](O)CN1C(=O)OC(C)(C)C. The Morgan fingerprint density at radius 3 is 2.30 bits per heavy atom. The highest BCUT2D eigenvalue weighted by Gasteiger charge is 2.54. The lowest BCUT2D eigenvalue weighted by atomic mass is 9.93. The molecule has 1 N–H and O–H groups in total. The molecule has 6 heteroatoms. The average molecular weight is 285 g/mol. The van der Waals surface area contributed by atoms with E-state index in [1.807, 2.05) is 0 Å². The van der Waals surface area contributed by atoms with Crippen LogP contribution in [-0.2, 0) is 14.3 Å². The minimum Gasteiger partial charge on any atom is -0.467 e. The largest absolute Gasteiger partial charge is 0.467 e. The molecule has 1 heterocycles. The number of carbonyl (C=O) groups excluding carboxylic acids is 2. The first-order valence-electron chi connectivity index (χ1n) is 7.00. The first-order chi connectivity index (χ1) is 9.24. The van der Waals surface area contributed by atoms with Gasteiger partial charge in [0.2, 0.25) is 0 Å². The normalized spacial score (nSPS) is 30.2. The van der Waals surface area contributed by atoms with Crippen LogP contribution in [-0.4, -0.2) is 53.5 Å². The average Bonchev–Trinajstić information content (AvgIpc) is 3.09. The summed E-state index contributed by atoms with van der Waals surface area (Å²) in [4.78, 5) is 25.5. The summed E-state index contributed by atoms with van der Waals surface area (Å²) in [5.41, 5.74) is -0.639. The molecule has 0 aromatic carbocycles. The Morgan fingerprint density at radius 1 is 1.25 bits per heavy atom. The van der Waals surface area contributed by atoms with Crippen LogP contribution >= 0.6 is 0 Å². The predicted octanol–water partition coefficient (Wildman–Crippen LogP) is 1.17. The van der Waals surface area contributed by atoms with E-state index in [-0.39, 0.29) is 12.5 Å². The van der Waals surface area contributed by atoms with Gasteiger partial charge in [0.25, 0.3) is 0 Å². The third-order valence-corrected chi connectivity index (χ3v) is 3.77. The lowest BCUT2D eigenvalue weighted by Crippen LogP contribution is -2.46. The summed E-state index contributed by atoms with van der Waals surface area (Å²) in [7, 11) is 1.30. The number of nitrogens with zero attached hydrogens (tertiary/aromatic N) is 1. The summed E-state index contributed by atoms with van der Waals surface area (Å²) in [5, 5.41) is 10.2. The number of β-amino-alcohol motifs (C(OH)–C–C–N with tert-alkyl or cyclic N) is 1. The third-order valence-electron chi connectivity index (χ3n) is 3.77. The highest BCUT2D eigenvalue weighted by Crippen LogP contribution is 2.45. The van der Waals surface area contributed by atoms with E-state index < -0.39 is 29.8 Å². The molecule has 1 aliphatic carbocycles. The molecule has 0 aromatic heterocycles. The second-order valence-corrected chi connectivity index (χ2v) is 6.58. The summed E-state index contributed by atoms with van der Waals surface area (Å²) < 4.78 is 10.1. The van der Waals surface area contributed by atoms with E-state index >= 15 is 0 Å². The first kappa shape index (κ1) is 15.1. The number of hydrogen-bond acceptors (Lipinski definition) is 5. The maximum Gasteiger partial charge on any atom is 0.411 e. The lowest BCUT2D eigenvalue weighted by Gasteiger charge is -2.28. The summed E-state index contributed by atoms with van der Waals surface area (Å²) in [6, 6.07) is -0.739. The molecule has 0 aromatic rings. The standard InChI is InChI=1S/C14H23NO5/c1-14(2,3)20-13(18)15-7-9(16)10(8-5-6-8)11(15)12(17)19-4/h8-11,16H,5-7H2,1-4H3/t9-,10+,11-/m0/s1. The number of likely N-dealkylation sites (tertiary alicyclic amines) is 1. The van der Waals surface area contributed by atoms with Crippen molar-refractivity contribution in [3.05, 3.63) is 0 Å². The zero-order valence-corrected chi connectivity index (χ0v) is 12.5. The zero-order chi connectivity index (χ0) is 15.1. The molecule has 20 heavy (non-hydrogen) atoms. The first-order valence-corrected chi connectivity index (χ1v) is 7.00. The molecular formula is C14H23NO5. The van der Waals surface area contributed by atoms with Crippen molar-refractivity contribution in [2.45, 2.75) is 51.4 Å². The van der Waals surface area contributed by atoms with Crippen LogP contribution in [0.25, 0.3) is 0 Å². The van der Waals surface area contributed by atoms with Crippen molar-refractivity contribution in [2.75, 3.05) is 13.7 Å². The number of ether oxygens (including phenoxy) is 2. The number of methoxy groups -OCH3 is 1. The number of esters is 1. The molecule has 6 nitrogen and oxygen atoms in total. The summed E-state index contributed by atoms with van der Waals surface area (Å²) in [5.74, 6) is -0.430. The maximum atomic E-state index is 12.2. The van der Waals surface area contributed by atoms with Gasteiger partial charge in [-0.3, -0.25) is 4.90 Å². The van der Waals surface area contributed by atoms with Gasteiger partial charge in [-0.1, -0.05) is 0 Å². The van der Waals surface area contributed by atoms with Gasteiger partial charge >= 0.3 is 12.1 Å². The van der Waals surface area contributed by atoms with Crippen molar-refractivity contribution in [3.63, 3.8) is 0 Å². The highest BCUT2D eigenvalue weighted by atomic mass is 16.6. The zero-order valence-electron chi connectivity index (χ0n) is 12.5. The van der Waals surface area contributed by atoms with Gasteiger partial charge in [-0.15, -0.1) is 0 Å². The van der Waals surface area contributed by atoms with Crippen LogP contribution in [0.3, 0.4) is 0 Å². The van der Waals surface area contributed by atoms with Crippen molar-refractivity contribution < 1.29 is 24.2 Å². The number of rotatable bonds is 2. The third kappa shape index (κ3) is 3.06. The highest BCUT2D eigenvalue weighted by molar-refractivity contribution is 5.83. The van der Waals surface area contributed by atoms with Crippen LogP contribution in [0.2, 0.25) is 0 Å². The molecule has 0 radical (unpaired) electrons. The summed E-state index contributed by atoms with van der Waals surface area (Å²) in [6.45, 7) is 5.42.